The molecule has 0 saturated heterocycles. The maximum atomic E-state index is 10.6. The Kier molecular flexibility index (Phi) is 10.1. The Morgan fingerprint density at radius 1 is 1.30 bits per heavy atom. The van der Waals surface area contributed by atoms with E-state index in [0.29, 0.717) is 10.9 Å². The van der Waals surface area contributed by atoms with Crippen LogP contribution in [0, 0.1) is 10.1 Å². The summed E-state index contributed by atoms with van der Waals surface area (Å²) in [5, 5.41) is 11.3. The molecular formula is C14H20BrN5O2S. The smallest absolute Gasteiger partial charge is 0.302 e. The number of hydrogen-bond donors (Lipinski definition) is 0. The molecule has 0 bridgehead atoms. The number of thioether (sulfide) groups is 1. The van der Waals surface area contributed by atoms with Gasteiger partial charge in [-0.25, -0.2) is 0 Å². The lowest BCUT2D eigenvalue weighted by Gasteiger charge is -2.02. The van der Waals surface area contributed by atoms with E-state index in [-0.39, 0.29) is 22.7 Å². The van der Waals surface area contributed by atoms with Gasteiger partial charge in [0.15, 0.2) is 0 Å². The molecule has 0 unspecified atom stereocenters. The molecule has 1 aromatic rings. The highest BCUT2D eigenvalue weighted by Crippen LogP contribution is 2.18. The normalized spacial score (nSPS) is 11.0. The molecule has 0 radical (unpaired) electrons. The predicted octanol–water partition coefficient (Wildman–Crippen LogP) is -0.922. The molecule has 0 aliphatic rings. The van der Waals surface area contributed by atoms with Crippen LogP contribution in [0.25, 0.3) is 0 Å². The Morgan fingerprint density at radius 3 is 2.39 bits per heavy atom. The second-order valence-corrected chi connectivity index (χ2v) is 5.85. The van der Waals surface area contributed by atoms with Crippen LogP contribution >= 0.6 is 11.8 Å². The molecule has 126 valence electrons. The second-order valence-electron chi connectivity index (χ2n) is 4.91. The van der Waals surface area contributed by atoms with Crippen molar-refractivity contribution in [3.63, 3.8) is 0 Å². The van der Waals surface area contributed by atoms with E-state index in [4.69, 9.17) is 0 Å². The van der Waals surface area contributed by atoms with E-state index in [9.17, 15) is 10.1 Å². The molecular weight excluding hydrogens is 382 g/mol. The fourth-order valence-electron chi connectivity index (χ4n) is 1.30. The number of nitro benzene ring substituents is 1. The van der Waals surface area contributed by atoms with Crippen molar-refractivity contribution in [3.05, 3.63) is 39.9 Å². The number of rotatable bonds is 5. The molecule has 0 atom stereocenters. The van der Waals surface area contributed by atoms with Gasteiger partial charge in [0.1, 0.15) is 0 Å². The van der Waals surface area contributed by atoms with Crippen LogP contribution in [-0.4, -0.2) is 60.4 Å². The van der Waals surface area contributed by atoms with E-state index in [0.717, 1.165) is 5.56 Å². The largest absolute Gasteiger partial charge is 1.00 e. The van der Waals surface area contributed by atoms with E-state index >= 15 is 0 Å². The van der Waals surface area contributed by atoms with Gasteiger partial charge in [-0.1, -0.05) is 23.9 Å². The van der Waals surface area contributed by atoms with Crippen LogP contribution in [0.3, 0.4) is 0 Å². The summed E-state index contributed by atoms with van der Waals surface area (Å²) in [5.74, 6) is 0.642. The molecule has 23 heavy (non-hydrogen) atoms. The average molecular weight is 402 g/mol. The van der Waals surface area contributed by atoms with Crippen molar-refractivity contribution in [1.82, 2.24) is 4.90 Å². The Morgan fingerprint density at radius 2 is 1.91 bits per heavy atom. The Hall–Kier alpha value is -1.74. The number of hydrogen-bond acceptors (Lipinski definition) is 3. The summed E-state index contributed by atoms with van der Waals surface area (Å²) < 4.78 is 1.83. The highest BCUT2D eigenvalue weighted by Gasteiger charge is 2.07. The molecule has 0 amide bonds. The fraction of sp³-hybridized carbons (Fsp3) is 0.357. The molecule has 0 spiro atoms. The summed E-state index contributed by atoms with van der Waals surface area (Å²) in [7, 11) is 7.55. The number of non-ortho nitro benzene ring substituents is 1. The quantitative estimate of drug-likeness (QED) is 0.210. The number of nitrogens with zero attached hydrogens (tertiary/aromatic N) is 5. The highest BCUT2D eigenvalue weighted by atomic mass is 79.9. The lowest BCUT2D eigenvalue weighted by molar-refractivity contribution is -0.460. The average Bonchev–Trinajstić information content (AvgIpc) is 2.46. The maximum absolute atomic E-state index is 10.6. The summed E-state index contributed by atoms with van der Waals surface area (Å²) in [6.45, 7) is 0. The molecule has 0 heterocycles. The monoisotopic (exact) mass is 401 g/mol. The Balaban J connectivity index is 0.00000484. The van der Waals surface area contributed by atoms with Crippen molar-refractivity contribution in [2.24, 2.45) is 9.98 Å². The number of amidine groups is 1. The maximum Gasteiger partial charge on any atom is 0.302 e. The molecule has 0 aliphatic heterocycles. The third kappa shape index (κ3) is 9.09. The Labute approximate surface area is 150 Å². The van der Waals surface area contributed by atoms with Gasteiger partial charge < -0.3 is 21.9 Å². The minimum atomic E-state index is -0.406. The summed E-state index contributed by atoms with van der Waals surface area (Å²) in [6.07, 6.45) is 3.37. The van der Waals surface area contributed by atoms with E-state index in [1.807, 2.05) is 37.7 Å². The topological polar surface area (TPSA) is 74.1 Å². The summed E-state index contributed by atoms with van der Waals surface area (Å²) in [6, 6.07) is 6.49. The van der Waals surface area contributed by atoms with Gasteiger partial charge in [-0.05, 0) is 10.6 Å². The zero-order chi connectivity index (χ0) is 16.5. The first-order valence-corrected chi connectivity index (χ1v) is 7.51. The van der Waals surface area contributed by atoms with Gasteiger partial charge in [-0.3, -0.25) is 14.7 Å². The number of halogens is 1. The van der Waals surface area contributed by atoms with Crippen molar-refractivity contribution >= 4 is 35.3 Å². The van der Waals surface area contributed by atoms with Gasteiger partial charge in [0, 0.05) is 32.0 Å². The molecule has 0 N–H and O–H groups in total. The first-order valence-electron chi connectivity index (χ1n) is 6.53. The van der Waals surface area contributed by atoms with Gasteiger partial charge in [0.05, 0.1) is 25.4 Å². The first-order chi connectivity index (χ1) is 10.4. The summed E-state index contributed by atoms with van der Waals surface area (Å²) in [5.41, 5.74) is 1.07. The van der Waals surface area contributed by atoms with Gasteiger partial charge in [-0.15, -0.1) is 0 Å². The summed E-state index contributed by atoms with van der Waals surface area (Å²) in [4.78, 5) is 20.7. The predicted molar refractivity (Wildman–Crippen MR) is 92.2 cm³/mol. The molecule has 0 fully saturated rings. The van der Waals surface area contributed by atoms with Gasteiger partial charge >= 0.3 is 5.17 Å². The fourth-order valence-corrected chi connectivity index (χ4v) is 2.03. The zero-order valence-electron chi connectivity index (χ0n) is 13.5. The number of nitro groups is 1. The first kappa shape index (κ1) is 21.3. The second kappa shape index (κ2) is 10.9. The van der Waals surface area contributed by atoms with Gasteiger partial charge in [0.2, 0.25) is 0 Å². The molecule has 1 aromatic carbocycles. The lowest BCUT2D eigenvalue weighted by atomic mass is 10.2. The minimum Gasteiger partial charge on any atom is -1.00 e. The van der Waals surface area contributed by atoms with Crippen molar-refractivity contribution in [2.75, 3.05) is 28.2 Å². The molecule has 1 rings (SSSR count). The standard InChI is InChI=1S/C14H20N5O2S.BrH/c1-17(2)10-15-14(16-11-18(3)4)22-9-12-5-7-13(8-6-12)19(20)21;/h5-8,10-11H,9H2,1-4H3;1H/q+1;/p-1. The third-order valence-electron chi connectivity index (χ3n) is 2.31. The minimum absolute atomic E-state index is 0. The van der Waals surface area contributed by atoms with E-state index < -0.39 is 4.92 Å². The van der Waals surface area contributed by atoms with Crippen molar-refractivity contribution in [1.29, 1.82) is 0 Å². The molecule has 0 aliphatic carbocycles. The third-order valence-corrected chi connectivity index (χ3v) is 3.26. The van der Waals surface area contributed by atoms with Crippen LogP contribution in [0.15, 0.2) is 34.3 Å². The van der Waals surface area contributed by atoms with Crippen LogP contribution in [-0.2, 0) is 5.75 Å². The van der Waals surface area contributed by atoms with Crippen LogP contribution < -0.4 is 17.0 Å². The zero-order valence-corrected chi connectivity index (χ0v) is 15.9. The Bertz CT molecular complexity index is 596. The molecule has 7 nitrogen and oxygen atoms in total. The van der Waals surface area contributed by atoms with Crippen molar-refractivity contribution in [2.45, 2.75) is 5.75 Å². The highest BCUT2D eigenvalue weighted by molar-refractivity contribution is 8.13. The SMILES string of the molecule is CN(C)/C=N/C(=NC=[N+](C)C)SCc1ccc([N+](=O)[O-])cc1.[Br-]. The number of benzene rings is 1. The lowest BCUT2D eigenvalue weighted by Crippen LogP contribution is -3.00. The number of aliphatic imine (C=N–C) groups is 2. The van der Waals surface area contributed by atoms with Crippen LogP contribution in [0.5, 0.6) is 0 Å². The van der Waals surface area contributed by atoms with Crippen LogP contribution in [0.1, 0.15) is 5.56 Å². The van der Waals surface area contributed by atoms with Gasteiger partial charge in [0.25, 0.3) is 12.0 Å². The molecule has 0 aromatic heterocycles. The van der Waals surface area contributed by atoms with E-state index in [2.05, 4.69) is 9.98 Å². The van der Waals surface area contributed by atoms with Gasteiger partial charge in [-0.2, -0.15) is 4.99 Å². The van der Waals surface area contributed by atoms with Crippen LogP contribution in [0.2, 0.25) is 0 Å². The molecule has 0 saturated carbocycles. The summed E-state index contributed by atoms with van der Waals surface area (Å²) >= 11 is 1.47. The van der Waals surface area contributed by atoms with Crippen molar-refractivity contribution < 1.29 is 26.5 Å². The van der Waals surface area contributed by atoms with E-state index in [1.165, 1.54) is 23.9 Å². The van der Waals surface area contributed by atoms with Crippen LogP contribution in [0.4, 0.5) is 5.69 Å². The van der Waals surface area contributed by atoms with Crippen molar-refractivity contribution in [3.8, 4) is 0 Å². The van der Waals surface area contributed by atoms with E-state index in [1.54, 1.807) is 24.8 Å². The molecule has 9 heteroatoms.